The zero-order chi connectivity index (χ0) is 25.8. The molecule has 0 bridgehead atoms. The fourth-order valence-electron chi connectivity index (χ4n) is 8.74. The first-order valence-electron chi connectivity index (χ1n) is 12.8. The number of aromatic hydroxyl groups is 3. The maximum absolute atomic E-state index is 13.4. The maximum atomic E-state index is 13.4. The van der Waals surface area contributed by atoms with E-state index in [2.05, 4.69) is 27.7 Å². The SMILES string of the molecule is COC(=O)[C@]1(C)CC[C@]2(C)CC[C@]3(C)C4=CC(=O)c5c(cc(O)c(O)c5O)[C@]4(C)CC[C@@]3(C)C2C1. The van der Waals surface area contributed by atoms with Crippen LogP contribution < -0.4 is 0 Å². The lowest BCUT2D eigenvalue weighted by molar-refractivity contribution is -0.179. The molecule has 0 radical (unpaired) electrons. The van der Waals surface area contributed by atoms with E-state index in [0.717, 1.165) is 50.5 Å². The van der Waals surface area contributed by atoms with Crippen molar-refractivity contribution in [3.8, 4) is 17.2 Å². The Morgan fingerprint density at radius 1 is 0.943 bits per heavy atom. The van der Waals surface area contributed by atoms with Gasteiger partial charge in [-0.1, -0.05) is 27.7 Å². The highest BCUT2D eigenvalue weighted by molar-refractivity contribution is 6.11. The minimum Gasteiger partial charge on any atom is -0.504 e. The van der Waals surface area contributed by atoms with Crippen LogP contribution in [0.1, 0.15) is 95.5 Å². The molecular weight excluding hydrogens is 444 g/mol. The summed E-state index contributed by atoms with van der Waals surface area (Å²) in [7, 11) is 1.47. The summed E-state index contributed by atoms with van der Waals surface area (Å²) in [5.74, 6) is -1.79. The Morgan fingerprint density at radius 2 is 1.60 bits per heavy atom. The Bertz CT molecular complexity index is 1180. The van der Waals surface area contributed by atoms with Gasteiger partial charge in [-0.2, -0.15) is 0 Å². The van der Waals surface area contributed by atoms with E-state index in [0.29, 0.717) is 5.56 Å². The Morgan fingerprint density at radius 3 is 2.26 bits per heavy atom. The van der Waals surface area contributed by atoms with Crippen LogP contribution in [0.2, 0.25) is 0 Å². The van der Waals surface area contributed by atoms with E-state index in [-0.39, 0.29) is 39.5 Å². The summed E-state index contributed by atoms with van der Waals surface area (Å²) in [4.78, 5) is 26.2. The molecular formula is C29H38O6. The minimum atomic E-state index is -0.651. The molecule has 190 valence electrons. The molecule has 0 aromatic heterocycles. The van der Waals surface area contributed by atoms with Crippen LogP contribution in [-0.4, -0.2) is 34.2 Å². The quantitative estimate of drug-likeness (QED) is 0.347. The Balaban J connectivity index is 1.65. The van der Waals surface area contributed by atoms with Gasteiger partial charge in [0.05, 0.1) is 18.1 Å². The number of esters is 1. The van der Waals surface area contributed by atoms with Crippen LogP contribution in [0, 0.1) is 27.6 Å². The second-order valence-electron chi connectivity index (χ2n) is 13.0. The number of fused-ring (bicyclic) bond motifs is 7. The van der Waals surface area contributed by atoms with Gasteiger partial charge in [0.2, 0.25) is 5.75 Å². The summed E-state index contributed by atoms with van der Waals surface area (Å²) >= 11 is 0. The Labute approximate surface area is 207 Å². The Hall–Kier alpha value is -2.50. The lowest BCUT2D eigenvalue weighted by atomic mass is 9.34. The van der Waals surface area contributed by atoms with Crippen molar-refractivity contribution >= 4 is 11.8 Å². The highest BCUT2D eigenvalue weighted by atomic mass is 16.5. The molecule has 35 heavy (non-hydrogen) atoms. The molecule has 4 aliphatic carbocycles. The predicted octanol–water partition coefficient (Wildman–Crippen LogP) is 5.77. The Kier molecular flexibility index (Phi) is 4.87. The van der Waals surface area contributed by atoms with Crippen molar-refractivity contribution in [1.82, 2.24) is 0 Å². The fourth-order valence-corrected chi connectivity index (χ4v) is 8.74. The van der Waals surface area contributed by atoms with E-state index in [1.807, 2.05) is 6.92 Å². The van der Waals surface area contributed by atoms with Crippen molar-refractivity contribution in [1.29, 1.82) is 0 Å². The number of phenolic OH excluding ortho intramolecular Hbond substituents is 3. The number of rotatable bonds is 1. The van der Waals surface area contributed by atoms with Crippen molar-refractivity contribution in [3.63, 3.8) is 0 Å². The zero-order valence-electron chi connectivity index (χ0n) is 21.7. The summed E-state index contributed by atoms with van der Waals surface area (Å²) in [5, 5.41) is 31.0. The van der Waals surface area contributed by atoms with Gasteiger partial charge >= 0.3 is 5.97 Å². The van der Waals surface area contributed by atoms with Crippen molar-refractivity contribution < 1.29 is 29.6 Å². The molecule has 0 saturated heterocycles. The third-order valence-corrected chi connectivity index (χ3v) is 11.4. The van der Waals surface area contributed by atoms with E-state index in [4.69, 9.17) is 4.74 Å². The van der Waals surface area contributed by atoms with E-state index < -0.39 is 28.1 Å². The average molecular weight is 483 g/mol. The smallest absolute Gasteiger partial charge is 0.311 e. The van der Waals surface area contributed by atoms with Gasteiger partial charge in [-0.05, 0) is 97.3 Å². The first kappa shape index (κ1) is 24.2. The molecule has 4 aliphatic rings. The number of benzene rings is 1. The lowest BCUT2D eigenvalue weighted by Gasteiger charge is -2.69. The molecule has 3 saturated carbocycles. The van der Waals surface area contributed by atoms with Crippen molar-refractivity contribution in [2.75, 3.05) is 7.11 Å². The number of carbonyl (C=O) groups is 2. The van der Waals surface area contributed by atoms with Gasteiger partial charge in [0.25, 0.3) is 0 Å². The standard InChI is InChI=1S/C29H38O6/c1-25-7-8-26(2,24(34)35-6)15-20(25)29(5)12-10-27(3)16-13-18(31)22(32)23(33)21(16)17(30)14-19(27)28(29,4)11-9-25/h13-14,20,31-33H,7-12,15H2,1-6H3/t20?,25-,26-,27+,28-,29+/m1/s1. The molecule has 1 aromatic carbocycles. The normalized spacial score (nSPS) is 42.2. The highest BCUT2D eigenvalue weighted by Gasteiger charge is 2.67. The first-order chi connectivity index (χ1) is 16.2. The summed E-state index contributed by atoms with van der Waals surface area (Å²) in [6.45, 7) is 11.1. The van der Waals surface area contributed by atoms with Crippen LogP contribution in [0.4, 0.5) is 0 Å². The van der Waals surface area contributed by atoms with Crippen LogP contribution in [0.3, 0.4) is 0 Å². The van der Waals surface area contributed by atoms with Crippen molar-refractivity contribution in [2.24, 2.45) is 27.6 Å². The van der Waals surface area contributed by atoms with Gasteiger partial charge in [-0.3, -0.25) is 9.59 Å². The number of methoxy groups -OCH3 is 1. The van der Waals surface area contributed by atoms with Gasteiger partial charge in [0, 0.05) is 5.41 Å². The van der Waals surface area contributed by atoms with Crippen LogP contribution in [0.25, 0.3) is 0 Å². The van der Waals surface area contributed by atoms with E-state index >= 15 is 0 Å². The van der Waals surface area contributed by atoms with Gasteiger partial charge < -0.3 is 20.1 Å². The summed E-state index contributed by atoms with van der Waals surface area (Å²) in [6, 6.07) is 1.46. The molecule has 1 aromatic rings. The van der Waals surface area contributed by atoms with Crippen LogP contribution in [0.5, 0.6) is 17.2 Å². The first-order valence-corrected chi connectivity index (χ1v) is 12.8. The minimum absolute atomic E-state index is 0.0929. The van der Waals surface area contributed by atoms with E-state index in [1.165, 1.54) is 13.2 Å². The molecule has 5 rings (SSSR count). The zero-order valence-corrected chi connectivity index (χ0v) is 21.7. The second-order valence-corrected chi connectivity index (χ2v) is 13.0. The topological polar surface area (TPSA) is 104 Å². The number of carbonyl (C=O) groups excluding carboxylic acids is 2. The van der Waals surface area contributed by atoms with Crippen LogP contribution in [0.15, 0.2) is 17.7 Å². The molecule has 0 amide bonds. The molecule has 1 unspecified atom stereocenters. The second kappa shape index (κ2) is 7.04. The lowest BCUT2D eigenvalue weighted by Crippen LogP contribution is -2.62. The number of ketones is 1. The predicted molar refractivity (Wildman–Crippen MR) is 131 cm³/mol. The monoisotopic (exact) mass is 482 g/mol. The van der Waals surface area contributed by atoms with Gasteiger partial charge in [0.1, 0.15) is 0 Å². The highest BCUT2D eigenvalue weighted by Crippen LogP contribution is 2.74. The summed E-state index contributed by atoms with van der Waals surface area (Å²) in [6.07, 6.45) is 7.86. The molecule has 6 atom stereocenters. The molecule has 0 heterocycles. The van der Waals surface area contributed by atoms with E-state index in [9.17, 15) is 24.9 Å². The van der Waals surface area contributed by atoms with Gasteiger partial charge in [-0.15, -0.1) is 0 Å². The molecule has 3 N–H and O–H groups in total. The third kappa shape index (κ3) is 2.83. The third-order valence-electron chi connectivity index (χ3n) is 11.4. The number of phenols is 3. The largest absolute Gasteiger partial charge is 0.504 e. The van der Waals surface area contributed by atoms with Crippen molar-refractivity contribution in [2.45, 2.75) is 85.0 Å². The fraction of sp³-hybridized carbons (Fsp3) is 0.655. The van der Waals surface area contributed by atoms with Crippen LogP contribution >= 0.6 is 0 Å². The number of ether oxygens (including phenoxy) is 1. The molecule has 0 aliphatic heterocycles. The van der Waals surface area contributed by atoms with Gasteiger partial charge in [0.15, 0.2) is 17.3 Å². The number of hydrogen-bond donors (Lipinski definition) is 3. The van der Waals surface area contributed by atoms with Crippen molar-refractivity contribution in [3.05, 3.63) is 28.8 Å². The van der Waals surface area contributed by atoms with Crippen LogP contribution in [-0.2, 0) is 14.9 Å². The van der Waals surface area contributed by atoms with Gasteiger partial charge in [-0.25, -0.2) is 0 Å². The molecule has 3 fully saturated rings. The molecule has 0 spiro atoms. The van der Waals surface area contributed by atoms with E-state index in [1.54, 1.807) is 6.08 Å². The maximum Gasteiger partial charge on any atom is 0.311 e. The molecule has 6 nitrogen and oxygen atoms in total. The molecule has 6 heteroatoms. The number of allylic oxidation sites excluding steroid dienone is 2. The average Bonchev–Trinajstić information content (AvgIpc) is 2.81. The number of hydrogen-bond acceptors (Lipinski definition) is 6. The summed E-state index contributed by atoms with van der Waals surface area (Å²) < 4.78 is 5.22. The summed E-state index contributed by atoms with van der Waals surface area (Å²) in [5.41, 5.74) is 0.355.